The Kier molecular flexibility index (Phi) is 4.75. The van der Waals surface area contributed by atoms with Gasteiger partial charge in [0.15, 0.2) is 11.5 Å². The number of aromatic nitrogens is 3. The minimum atomic E-state index is 0.530. The highest BCUT2D eigenvalue weighted by atomic mass is 16.5. The summed E-state index contributed by atoms with van der Waals surface area (Å²) in [5.41, 5.74) is 3.17. The van der Waals surface area contributed by atoms with E-state index >= 15 is 0 Å². The summed E-state index contributed by atoms with van der Waals surface area (Å²) in [4.78, 5) is 9.20. The fourth-order valence-electron chi connectivity index (χ4n) is 3.84. The summed E-state index contributed by atoms with van der Waals surface area (Å²) < 4.78 is 13.3. The summed E-state index contributed by atoms with van der Waals surface area (Å²) in [6.45, 7) is 2.72. The van der Waals surface area contributed by atoms with Gasteiger partial charge >= 0.3 is 0 Å². The quantitative estimate of drug-likeness (QED) is 0.765. The number of fused-ring (bicyclic) bond motifs is 1. The molecular weight excluding hydrogens is 328 g/mol. The topological polar surface area (TPSA) is 61.2 Å². The molecular formula is C20H24N4O2. The highest BCUT2D eigenvalue weighted by Gasteiger charge is 2.22. The fourth-order valence-corrected chi connectivity index (χ4v) is 3.84. The van der Waals surface area contributed by atoms with Crippen molar-refractivity contribution in [1.82, 2.24) is 19.9 Å². The molecule has 0 saturated carbocycles. The molecule has 0 spiro atoms. The zero-order chi connectivity index (χ0) is 17.9. The summed E-state index contributed by atoms with van der Waals surface area (Å²) in [6.07, 6.45) is 5.89. The first kappa shape index (κ1) is 16.8. The minimum Gasteiger partial charge on any atom is -0.493 e. The maximum Gasteiger partial charge on any atom is 0.184 e. The molecule has 0 amide bonds. The van der Waals surface area contributed by atoms with Crippen LogP contribution in [0.2, 0.25) is 0 Å². The molecule has 136 valence electrons. The van der Waals surface area contributed by atoms with Crippen molar-refractivity contribution in [2.24, 2.45) is 0 Å². The van der Waals surface area contributed by atoms with E-state index in [4.69, 9.17) is 9.47 Å². The molecule has 1 saturated heterocycles. The van der Waals surface area contributed by atoms with E-state index in [0.29, 0.717) is 24.0 Å². The van der Waals surface area contributed by atoms with Crippen molar-refractivity contribution in [2.75, 3.05) is 27.3 Å². The summed E-state index contributed by atoms with van der Waals surface area (Å²) >= 11 is 0. The number of hydrogen-bond acceptors (Lipinski definition) is 5. The lowest BCUT2D eigenvalue weighted by molar-refractivity contribution is 0.348. The molecule has 0 atom stereocenters. The van der Waals surface area contributed by atoms with E-state index in [0.717, 1.165) is 37.3 Å². The van der Waals surface area contributed by atoms with Gasteiger partial charge in [-0.3, -0.25) is 4.98 Å². The lowest BCUT2D eigenvalue weighted by atomic mass is 9.94. The minimum absolute atomic E-state index is 0.530. The van der Waals surface area contributed by atoms with Crippen molar-refractivity contribution in [1.29, 1.82) is 0 Å². The van der Waals surface area contributed by atoms with Crippen LogP contribution in [0.25, 0.3) is 11.0 Å². The molecule has 4 heterocycles. The molecule has 26 heavy (non-hydrogen) atoms. The first-order valence-corrected chi connectivity index (χ1v) is 9.02. The summed E-state index contributed by atoms with van der Waals surface area (Å²) in [5, 5.41) is 4.62. The zero-order valence-electron chi connectivity index (χ0n) is 15.2. The van der Waals surface area contributed by atoms with Gasteiger partial charge in [0.1, 0.15) is 11.3 Å². The maximum atomic E-state index is 5.58. The SMILES string of the molecule is COc1ccnc(Cn2c(C3CCNCC3)cc3cccnc32)c1OC. The Morgan fingerprint density at radius 3 is 2.73 bits per heavy atom. The van der Waals surface area contributed by atoms with Crippen LogP contribution in [0.3, 0.4) is 0 Å². The van der Waals surface area contributed by atoms with Gasteiger partial charge in [0, 0.05) is 35.5 Å². The number of nitrogens with zero attached hydrogens (tertiary/aromatic N) is 3. The Hall–Kier alpha value is -2.60. The van der Waals surface area contributed by atoms with Crippen molar-refractivity contribution >= 4 is 11.0 Å². The Balaban J connectivity index is 1.80. The Morgan fingerprint density at radius 2 is 1.96 bits per heavy atom. The predicted octanol–water partition coefficient (Wildman–Crippen LogP) is 2.96. The number of pyridine rings is 2. The van der Waals surface area contributed by atoms with Crippen molar-refractivity contribution in [3.63, 3.8) is 0 Å². The van der Waals surface area contributed by atoms with Crippen LogP contribution in [0.15, 0.2) is 36.7 Å². The average molecular weight is 352 g/mol. The van der Waals surface area contributed by atoms with Crippen LogP contribution in [-0.4, -0.2) is 41.8 Å². The van der Waals surface area contributed by atoms with E-state index in [1.807, 2.05) is 18.3 Å². The maximum absolute atomic E-state index is 5.58. The molecule has 0 aromatic carbocycles. The van der Waals surface area contributed by atoms with E-state index in [2.05, 4.69) is 32.0 Å². The van der Waals surface area contributed by atoms with E-state index in [9.17, 15) is 0 Å². The lowest BCUT2D eigenvalue weighted by Crippen LogP contribution is -2.27. The van der Waals surface area contributed by atoms with Crippen molar-refractivity contribution in [3.05, 3.63) is 48.0 Å². The number of rotatable bonds is 5. The molecule has 1 aliphatic rings. The molecule has 0 radical (unpaired) electrons. The van der Waals surface area contributed by atoms with E-state index < -0.39 is 0 Å². The molecule has 3 aromatic rings. The highest BCUT2D eigenvalue weighted by molar-refractivity contribution is 5.77. The smallest absolute Gasteiger partial charge is 0.184 e. The molecule has 1 aliphatic heterocycles. The summed E-state index contributed by atoms with van der Waals surface area (Å²) in [6, 6.07) is 8.22. The molecule has 0 unspecified atom stereocenters. The van der Waals surface area contributed by atoms with Crippen molar-refractivity contribution in [3.8, 4) is 11.5 Å². The van der Waals surface area contributed by atoms with Gasteiger partial charge in [-0.15, -0.1) is 0 Å². The monoisotopic (exact) mass is 352 g/mol. The van der Waals surface area contributed by atoms with Gasteiger partial charge in [-0.05, 0) is 44.1 Å². The van der Waals surface area contributed by atoms with Gasteiger partial charge in [-0.25, -0.2) is 4.98 Å². The Morgan fingerprint density at radius 1 is 1.12 bits per heavy atom. The molecule has 4 rings (SSSR count). The normalized spacial score (nSPS) is 15.3. The van der Waals surface area contributed by atoms with E-state index in [-0.39, 0.29) is 0 Å². The summed E-state index contributed by atoms with van der Waals surface area (Å²) in [7, 11) is 3.30. The molecule has 1 fully saturated rings. The fraction of sp³-hybridized carbons (Fsp3) is 0.400. The predicted molar refractivity (Wildman–Crippen MR) is 101 cm³/mol. The van der Waals surface area contributed by atoms with Crippen molar-refractivity contribution in [2.45, 2.75) is 25.3 Å². The number of nitrogens with one attached hydrogen (secondary N) is 1. The highest BCUT2D eigenvalue weighted by Crippen LogP contribution is 2.34. The third-order valence-corrected chi connectivity index (χ3v) is 5.12. The van der Waals surface area contributed by atoms with Gasteiger partial charge in [0.05, 0.1) is 20.8 Å². The van der Waals surface area contributed by atoms with Crippen LogP contribution in [0.1, 0.15) is 30.1 Å². The van der Waals surface area contributed by atoms with E-state index in [1.54, 1.807) is 20.4 Å². The molecule has 1 N–H and O–H groups in total. The average Bonchev–Trinajstić information content (AvgIpc) is 3.07. The number of hydrogen-bond donors (Lipinski definition) is 1. The van der Waals surface area contributed by atoms with Crippen LogP contribution < -0.4 is 14.8 Å². The number of ether oxygens (including phenoxy) is 2. The molecule has 0 bridgehead atoms. The van der Waals surface area contributed by atoms with Crippen LogP contribution in [0.5, 0.6) is 11.5 Å². The Bertz CT molecular complexity index is 900. The van der Waals surface area contributed by atoms with Gasteiger partial charge in [-0.2, -0.15) is 0 Å². The van der Waals surface area contributed by atoms with Gasteiger partial charge in [0.2, 0.25) is 0 Å². The van der Waals surface area contributed by atoms with Crippen LogP contribution in [0, 0.1) is 0 Å². The molecule has 3 aromatic heterocycles. The lowest BCUT2D eigenvalue weighted by Gasteiger charge is -2.24. The van der Waals surface area contributed by atoms with E-state index in [1.165, 1.54) is 11.1 Å². The molecule has 6 heteroatoms. The van der Waals surface area contributed by atoms with Gasteiger partial charge in [0.25, 0.3) is 0 Å². The van der Waals surface area contributed by atoms with Crippen LogP contribution in [-0.2, 0) is 6.54 Å². The largest absolute Gasteiger partial charge is 0.493 e. The molecule has 0 aliphatic carbocycles. The first-order valence-electron chi connectivity index (χ1n) is 9.02. The molecule has 6 nitrogen and oxygen atoms in total. The first-order chi connectivity index (χ1) is 12.8. The third kappa shape index (κ3) is 3.01. The summed E-state index contributed by atoms with van der Waals surface area (Å²) in [5.74, 6) is 1.91. The van der Waals surface area contributed by atoms with Gasteiger partial charge < -0.3 is 19.4 Å². The standard InChI is InChI=1S/C20H24N4O2/c1-25-18-7-11-22-16(19(18)26-2)13-24-17(14-5-9-21-10-6-14)12-15-4-3-8-23-20(15)24/h3-4,7-8,11-12,14,21H,5-6,9-10,13H2,1-2H3. The zero-order valence-corrected chi connectivity index (χ0v) is 15.2. The number of methoxy groups -OCH3 is 2. The van der Waals surface area contributed by atoms with Gasteiger partial charge in [-0.1, -0.05) is 0 Å². The van der Waals surface area contributed by atoms with Crippen LogP contribution in [0.4, 0.5) is 0 Å². The van der Waals surface area contributed by atoms with Crippen LogP contribution >= 0.6 is 0 Å². The second-order valence-electron chi connectivity index (χ2n) is 6.59. The Labute approximate surface area is 153 Å². The number of piperidine rings is 1. The van der Waals surface area contributed by atoms with Crippen molar-refractivity contribution < 1.29 is 9.47 Å². The third-order valence-electron chi connectivity index (χ3n) is 5.12. The second kappa shape index (κ2) is 7.33. The second-order valence-corrected chi connectivity index (χ2v) is 6.59.